The third kappa shape index (κ3) is 7.58. The monoisotopic (exact) mass is 413 g/mol. The SMILES string of the molecule is COC(=O)c1ccc(COc2ccc(CC(C=O)NC(=O)OC(C)(C)C)cc2)cc1. The van der Waals surface area contributed by atoms with E-state index in [1.165, 1.54) is 7.11 Å². The maximum absolute atomic E-state index is 11.8. The molecule has 7 nitrogen and oxygen atoms in total. The summed E-state index contributed by atoms with van der Waals surface area (Å²) in [4.78, 5) is 34.6. The quantitative estimate of drug-likeness (QED) is 0.524. The molecule has 160 valence electrons. The number of carbonyl (C=O) groups excluding carboxylic acids is 3. The predicted molar refractivity (Wildman–Crippen MR) is 111 cm³/mol. The van der Waals surface area contributed by atoms with Gasteiger partial charge < -0.3 is 24.3 Å². The van der Waals surface area contributed by atoms with Gasteiger partial charge in [0.05, 0.1) is 18.7 Å². The van der Waals surface area contributed by atoms with E-state index >= 15 is 0 Å². The molecule has 1 amide bonds. The topological polar surface area (TPSA) is 90.9 Å². The van der Waals surface area contributed by atoms with Crippen LogP contribution in [0.5, 0.6) is 5.75 Å². The zero-order valence-corrected chi connectivity index (χ0v) is 17.6. The van der Waals surface area contributed by atoms with Gasteiger partial charge in [-0.05, 0) is 62.6 Å². The highest BCUT2D eigenvalue weighted by atomic mass is 16.6. The lowest BCUT2D eigenvalue weighted by Crippen LogP contribution is -2.41. The van der Waals surface area contributed by atoms with Crippen LogP contribution in [0.3, 0.4) is 0 Å². The normalized spacial score (nSPS) is 11.9. The van der Waals surface area contributed by atoms with Gasteiger partial charge in [-0.25, -0.2) is 9.59 Å². The number of nitrogens with one attached hydrogen (secondary N) is 1. The molecule has 0 saturated carbocycles. The fourth-order valence-electron chi connectivity index (χ4n) is 2.59. The first-order valence-corrected chi connectivity index (χ1v) is 9.54. The van der Waals surface area contributed by atoms with Crippen LogP contribution >= 0.6 is 0 Å². The van der Waals surface area contributed by atoms with E-state index in [2.05, 4.69) is 10.1 Å². The van der Waals surface area contributed by atoms with Crippen molar-refractivity contribution in [1.82, 2.24) is 5.32 Å². The van der Waals surface area contributed by atoms with Gasteiger partial charge in [0.1, 0.15) is 24.2 Å². The van der Waals surface area contributed by atoms with E-state index < -0.39 is 17.7 Å². The smallest absolute Gasteiger partial charge is 0.408 e. The van der Waals surface area contributed by atoms with Crippen molar-refractivity contribution >= 4 is 18.3 Å². The van der Waals surface area contributed by atoms with Crippen LogP contribution in [0.1, 0.15) is 42.3 Å². The zero-order chi connectivity index (χ0) is 22.1. The minimum absolute atomic E-state index is 0.345. The van der Waals surface area contributed by atoms with Crippen molar-refractivity contribution in [3.8, 4) is 5.75 Å². The summed E-state index contributed by atoms with van der Waals surface area (Å²) >= 11 is 0. The van der Waals surface area contributed by atoms with Crippen molar-refractivity contribution in [2.24, 2.45) is 0 Å². The summed E-state index contributed by atoms with van der Waals surface area (Å²) in [6.45, 7) is 5.62. The fourth-order valence-corrected chi connectivity index (χ4v) is 2.59. The molecule has 2 aromatic carbocycles. The number of benzene rings is 2. The van der Waals surface area contributed by atoms with Crippen LogP contribution in [0.4, 0.5) is 4.79 Å². The summed E-state index contributed by atoms with van der Waals surface area (Å²) in [6.07, 6.45) is 0.405. The first-order valence-electron chi connectivity index (χ1n) is 9.54. The highest BCUT2D eigenvalue weighted by Gasteiger charge is 2.19. The van der Waals surface area contributed by atoms with E-state index in [-0.39, 0.29) is 5.97 Å². The van der Waals surface area contributed by atoms with Crippen LogP contribution < -0.4 is 10.1 Å². The van der Waals surface area contributed by atoms with Gasteiger partial charge in [-0.2, -0.15) is 0 Å². The molecule has 0 saturated heterocycles. The van der Waals surface area contributed by atoms with Gasteiger partial charge in [0.15, 0.2) is 0 Å². The van der Waals surface area contributed by atoms with Crippen LogP contribution in [0, 0.1) is 0 Å². The molecule has 0 aromatic heterocycles. The first-order chi connectivity index (χ1) is 14.2. The lowest BCUT2D eigenvalue weighted by molar-refractivity contribution is -0.109. The average Bonchev–Trinajstić information content (AvgIpc) is 2.71. The number of hydrogen-bond acceptors (Lipinski definition) is 6. The molecule has 0 spiro atoms. The number of aldehydes is 1. The Morgan fingerprint density at radius 3 is 2.13 bits per heavy atom. The van der Waals surface area contributed by atoms with Gasteiger partial charge in [0.2, 0.25) is 0 Å². The first kappa shape index (κ1) is 22.9. The van der Waals surface area contributed by atoms with Crippen LogP contribution in [0.15, 0.2) is 48.5 Å². The highest BCUT2D eigenvalue weighted by Crippen LogP contribution is 2.16. The van der Waals surface area contributed by atoms with Crippen LogP contribution in [0.25, 0.3) is 0 Å². The summed E-state index contributed by atoms with van der Waals surface area (Å²) < 4.78 is 15.6. The number of hydrogen-bond donors (Lipinski definition) is 1. The Balaban J connectivity index is 1.87. The fraction of sp³-hybridized carbons (Fsp3) is 0.348. The Morgan fingerprint density at radius 2 is 1.60 bits per heavy atom. The molecule has 2 aromatic rings. The number of rotatable bonds is 8. The minimum atomic E-state index is -0.681. The van der Waals surface area contributed by atoms with E-state index in [9.17, 15) is 14.4 Å². The Hall–Kier alpha value is -3.35. The molecule has 7 heteroatoms. The van der Waals surface area contributed by atoms with E-state index in [0.717, 1.165) is 11.1 Å². The molecule has 0 fully saturated rings. The van der Waals surface area contributed by atoms with E-state index in [0.29, 0.717) is 30.6 Å². The van der Waals surface area contributed by atoms with Crippen LogP contribution in [-0.2, 0) is 27.3 Å². The summed E-state index contributed by atoms with van der Waals surface area (Å²) in [5.41, 5.74) is 1.64. The largest absolute Gasteiger partial charge is 0.489 e. The second kappa shape index (κ2) is 10.4. The number of carbonyl (C=O) groups is 3. The molecule has 0 bridgehead atoms. The highest BCUT2D eigenvalue weighted by molar-refractivity contribution is 5.89. The van der Waals surface area contributed by atoms with Gasteiger partial charge in [-0.15, -0.1) is 0 Å². The summed E-state index contributed by atoms with van der Waals surface area (Å²) in [5.74, 6) is 0.284. The Bertz CT molecular complexity index is 853. The third-order valence-corrected chi connectivity index (χ3v) is 4.03. The van der Waals surface area contributed by atoms with Crippen LogP contribution in [0.2, 0.25) is 0 Å². The maximum atomic E-state index is 11.8. The molecule has 1 atom stereocenters. The number of ether oxygens (including phenoxy) is 3. The molecule has 1 unspecified atom stereocenters. The number of esters is 1. The Kier molecular flexibility index (Phi) is 7.98. The lowest BCUT2D eigenvalue weighted by atomic mass is 10.1. The molecule has 1 N–H and O–H groups in total. The van der Waals surface area contributed by atoms with Crippen molar-refractivity contribution < 1.29 is 28.6 Å². The number of methoxy groups -OCH3 is 1. The van der Waals surface area contributed by atoms with E-state index in [1.807, 2.05) is 12.1 Å². The van der Waals surface area contributed by atoms with Gasteiger partial charge in [-0.3, -0.25) is 0 Å². The van der Waals surface area contributed by atoms with Crippen molar-refractivity contribution in [2.45, 2.75) is 45.4 Å². The third-order valence-electron chi connectivity index (χ3n) is 4.03. The Morgan fingerprint density at radius 1 is 1.00 bits per heavy atom. The van der Waals surface area contributed by atoms with Crippen molar-refractivity contribution in [2.75, 3.05) is 7.11 Å². The molecule has 0 heterocycles. The number of amides is 1. The van der Waals surface area contributed by atoms with Crippen molar-refractivity contribution in [1.29, 1.82) is 0 Å². The number of alkyl carbamates (subject to hydrolysis) is 1. The molecule has 0 aliphatic heterocycles. The molecule has 30 heavy (non-hydrogen) atoms. The minimum Gasteiger partial charge on any atom is -0.489 e. The molecular weight excluding hydrogens is 386 g/mol. The van der Waals surface area contributed by atoms with Crippen LogP contribution in [-0.4, -0.2) is 37.1 Å². The molecule has 0 radical (unpaired) electrons. The van der Waals surface area contributed by atoms with Crippen molar-refractivity contribution in [3.63, 3.8) is 0 Å². The van der Waals surface area contributed by atoms with Gasteiger partial charge in [0.25, 0.3) is 0 Å². The predicted octanol–water partition coefficient (Wildman–Crippen LogP) is 3.69. The molecule has 2 rings (SSSR count). The summed E-state index contributed by atoms with van der Waals surface area (Å²) in [7, 11) is 1.34. The maximum Gasteiger partial charge on any atom is 0.408 e. The summed E-state index contributed by atoms with van der Waals surface area (Å²) in [6, 6.07) is 13.6. The summed E-state index contributed by atoms with van der Waals surface area (Å²) in [5, 5.41) is 2.56. The molecule has 0 aliphatic carbocycles. The lowest BCUT2D eigenvalue weighted by Gasteiger charge is -2.21. The van der Waals surface area contributed by atoms with Gasteiger partial charge >= 0.3 is 12.1 Å². The molecular formula is C23H27NO6. The van der Waals surface area contributed by atoms with E-state index in [1.54, 1.807) is 57.2 Å². The van der Waals surface area contributed by atoms with E-state index in [4.69, 9.17) is 9.47 Å². The Labute approximate surface area is 176 Å². The standard InChI is InChI=1S/C23H27NO6/c1-23(2,3)30-22(27)24-19(14-25)13-16-7-11-20(12-8-16)29-15-17-5-9-18(10-6-17)21(26)28-4/h5-12,14,19H,13,15H2,1-4H3,(H,24,27). The van der Waals surface area contributed by atoms with Crippen molar-refractivity contribution in [3.05, 3.63) is 65.2 Å². The zero-order valence-electron chi connectivity index (χ0n) is 17.6. The molecule has 0 aliphatic rings. The second-order valence-electron chi connectivity index (χ2n) is 7.71. The van der Waals surface area contributed by atoms with Gasteiger partial charge in [-0.1, -0.05) is 24.3 Å². The average molecular weight is 413 g/mol. The van der Waals surface area contributed by atoms with Gasteiger partial charge in [0, 0.05) is 0 Å². The second-order valence-corrected chi connectivity index (χ2v) is 7.71.